The molecule has 8 heteroatoms. The number of carboxylic acids is 1. The molecule has 0 aliphatic carbocycles. The van der Waals surface area contributed by atoms with Crippen LogP contribution in [0.5, 0.6) is 0 Å². The maximum atomic E-state index is 11.8. The maximum absolute atomic E-state index is 11.8. The maximum Gasteiger partial charge on any atom is 0.326 e. The first-order valence-electron chi connectivity index (χ1n) is 6.50. The second kappa shape index (κ2) is 6.90. The van der Waals surface area contributed by atoms with Gasteiger partial charge in [0.1, 0.15) is 6.04 Å². The fourth-order valence-corrected chi connectivity index (χ4v) is 2.06. The molecule has 0 spiro atoms. The summed E-state index contributed by atoms with van der Waals surface area (Å²) in [5, 5.41) is 14.3. The van der Waals surface area contributed by atoms with Crippen LogP contribution in [-0.2, 0) is 16.0 Å². The summed E-state index contributed by atoms with van der Waals surface area (Å²) in [7, 11) is 0. The number of H-pyrrole nitrogens is 1. The summed E-state index contributed by atoms with van der Waals surface area (Å²) in [4.78, 5) is 29.6. The highest BCUT2D eigenvalue weighted by atomic mass is 16.5. The van der Waals surface area contributed by atoms with E-state index in [0.29, 0.717) is 18.9 Å². The van der Waals surface area contributed by atoms with Crippen molar-refractivity contribution in [3.05, 3.63) is 18.2 Å². The van der Waals surface area contributed by atoms with E-state index in [9.17, 15) is 9.59 Å². The Morgan fingerprint density at radius 2 is 2.45 bits per heavy atom. The number of rotatable bonds is 5. The Morgan fingerprint density at radius 3 is 3.05 bits per heavy atom. The van der Waals surface area contributed by atoms with Crippen molar-refractivity contribution in [1.29, 1.82) is 0 Å². The topological polar surface area (TPSA) is 116 Å². The number of carbonyl (C=O) groups excluding carboxylic acids is 1. The van der Waals surface area contributed by atoms with Gasteiger partial charge < -0.3 is 25.5 Å². The van der Waals surface area contributed by atoms with Crippen LogP contribution in [0.4, 0.5) is 4.79 Å². The molecule has 0 aromatic carbocycles. The molecule has 0 bridgehead atoms. The van der Waals surface area contributed by atoms with Gasteiger partial charge in [-0.15, -0.1) is 0 Å². The van der Waals surface area contributed by atoms with Gasteiger partial charge in [-0.05, 0) is 12.8 Å². The SMILES string of the molecule is O=C(NC1CCCOC1)N[C@@H](Cc1cnc[nH]1)C(=O)O. The highest BCUT2D eigenvalue weighted by Crippen LogP contribution is 2.05. The summed E-state index contributed by atoms with van der Waals surface area (Å²) in [5.74, 6) is -1.09. The van der Waals surface area contributed by atoms with Crippen LogP contribution >= 0.6 is 0 Å². The highest BCUT2D eigenvalue weighted by molar-refractivity contribution is 5.82. The number of imidazole rings is 1. The van der Waals surface area contributed by atoms with Gasteiger partial charge in [0.15, 0.2) is 0 Å². The average Bonchev–Trinajstić information content (AvgIpc) is 2.92. The number of hydrogen-bond donors (Lipinski definition) is 4. The lowest BCUT2D eigenvalue weighted by Gasteiger charge is -2.24. The van der Waals surface area contributed by atoms with Gasteiger partial charge in [0, 0.05) is 24.9 Å². The van der Waals surface area contributed by atoms with Crippen molar-refractivity contribution in [3.8, 4) is 0 Å². The van der Waals surface area contributed by atoms with Crippen molar-refractivity contribution in [2.24, 2.45) is 0 Å². The number of hydrogen-bond acceptors (Lipinski definition) is 4. The monoisotopic (exact) mass is 282 g/mol. The van der Waals surface area contributed by atoms with Crippen LogP contribution in [-0.4, -0.2) is 52.4 Å². The summed E-state index contributed by atoms with van der Waals surface area (Å²) >= 11 is 0. The molecule has 0 radical (unpaired) electrons. The van der Waals surface area contributed by atoms with E-state index in [0.717, 1.165) is 12.8 Å². The molecule has 1 aliphatic heterocycles. The quantitative estimate of drug-likeness (QED) is 0.601. The normalized spacial score (nSPS) is 20.1. The minimum Gasteiger partial charge on any atom is -0.480 e. The highest BCUT2D eigenvalue weighted by Gasteiger charge is 2.23. The largest absolute Gasteiger partial charge is 0.480 e. The molecule has 20 heavy (non-hydrogen) atoms. The smallest absolute Gasteiger partial charge is 0.326 e. The number of carboxylic acid groups (broad SMARTS) is 1. The standard InChI is InChI=1S/C12H18N4O4/c17-11(18)10(4-9-5-13-7-14-9)16-12(19)15-8-2-1-3-20-6-8/h5,7-8,10H,1-4,6H2,(H,13,14)(H,17,18)(H2,15,16,19)/t8?,10-/m0/s1. The first-order chi connectivity index (χ1) is 9.65. The lowest BCUT2D eigenvalue weighted by atomic mass is 10.1. The second-order valence-electron chi connectivity index (χ2n) is 4.70. The molecule has 2 atom stereocenters. The first-order valence-corrected chi connectivity index (χ1v) is 6.50. The molecule has 2 amide bonds. The van der Waals surface area contributed by atoms with E-state index in [-0.39, 0.29) is 12.5 Å². The van der Waals surface area contributed by atoms with Crippen LogP contribution in [0, 0.1) is 0 Å². The molecular weight excluding hydrogens is 264 g/mol. The van der Waals surface area contributed by atoms with Crippen molar-refractivity contribution in [2.45, 2.75) is 31.3 Å². The van der Waals surface area contributed by atoms with Crippen molar-refractivity contribution < 1.29 is 19.4 Å². The number of aromatic amines is 1. The average molecular weight is 282 g/mol. The molecule has 2 heterocycles. The predicted molar refractivity (Wildman–Crippen MR) is 69.2 cm³/mol. The van der Waals surface area contributed by atoms with Crippen LogP contribution < -0.4 is 10.6 Å². The van der Waals surface area contributed by atoms with Gasteiger partial charge in [-0.25, -0.2) is 14.6 Å². The van der Waals surface area contributed by atoms with E-state index in [4.69, 9.17) is 9.84 Å². The molecule has 8 nitrogen and oxygen atoms in total. The van der Waals surface area contributed by atoms with Gasteiger partial charge in [-0.1, -0.05) is 0 Å². The Labute approximate surface area is 115 Å². The fourth-order valence-electron chi connectivity index (χ4n) is 2.06. The van der Waals surface area contributed by atoms with Crippen LogP contribution in [0.2, 0.25) is 0 Å². The molecular formula is C12H18N4O4. The van der Waals surface area contributed by atoms with Gasteiger partial charge in [0.25, 0.3) is 0 Å². The van der Waals surface area contributed by atoms with E-state index < -0.39 is 18.0 Å². The van der Waals surface area contributed by atoms with Crippen LogP contribution in [0.3, 0.4) is 0 Å². The summed E-state index contributed by atoms with van der Waals surface area (Å²) in [5.41, 5.74) is 0.652. The van der Waals surface area contributed by atoms with E-state index >= 15 is 0 Å². The Balaban J connectivity index is 1.83. The minimum atomic E-state index is -1.09. The summed E-state index contributed by atoms with van der Waals surface area (Å²) in [6, 6.07) is -1.56. The van der Waals surface area contributed by atoms with Gasteiger partial charge in [-0.3, -0.25) is 0 Å². The van der Waals surface area contributed by atoms with Gasteiger partial charge in [-0.2, -0.15) is 0 Å². The molecule has 1 unspecified atom stereocenters. The number of nitrogens with one attached hydrogen (secondary N) is 3. The molecule has 110 valence electrons. The Kier molecular flexibility index (Phi) is 4.94. The van der Waals surface area contributed by atoms with Gasteiger partial charge >= 0.3 is 12.0 Å². The molecule has 1 aromatic heterocycles. The lowest BCUT2D eigenvalue weighted by Crippen LogP contribution is -2.51. The third kappa shape index (κ3) is 4.23. The number of urea groups is 1. The van der Waals surface area contributed by atoms with Gasteiger partial charge in [0.2, 0.25) is 0 Å². The second-order valence-corrected chi connectivity index (χ2v) is 4.70. The third-order valence-electron chi connectivity index (χ3n) is 3.08. The molecule has 1 saturated heterocycles. The zero-order valence-corrected chi connectivity index (χ0v) is 11.0. The number of ether oxygens (including phenoxy) is 1. The number of nitrogens with zero attached hydrogens (tertiary/aromatic N) is 1. The van der Waals surface area contributed by atoms with E-state index in [1.165, 1.54) is 12.5 Å². The van der Waals surface area contributed by atoms with Crippen molar-refractivity contribution in [1.82, 2.24) is 20.6 Å². The van der Waals surface area contributed by atoms with Crippen LogP contribution in [0.1, 0.15) is 18.5 Å². The summed E-state index contributed by atoms with van der Waals surface area (Å²) in [6.45, 7) is 1.17. The summed E-state index contributed by atoms with van der Waals surface area (Å²) in [6.07, 6.45) is 4.88. The zero-order chi connectivity index (χ0) is 14.4. The number of aliphatic carboxylic acids is 1. The van der Waals surface area contributed by atoms with E-state index in [1.54, 1.807) is 0 Å². The van der Waals surface area contributed by atoms with Crippen molar-refractivity contribution >= 4 is 12.0 Å². The van der Waals surface area contributed by atoms with E-state index in [2.05, 4.69) is 20.6 Å². The minimum absolute atomic E-state index is 0.0645. The molecule has 0 saturated carbocycles. The third-order valence-corrected chi connectivity index (χ3v) is 3.08. The Hall–Kier alpha value is -2.09. The lowest BCUT2D eigenvalue weighted by molar-refractivity contribution is -0.139. The zero-order valence-electron chi connectivity index (χ0n) is 11.0. The Bertz CT molecular complexity index is 442. The fraction of sp³-hybridized carbons (Fsp3) is 0.583. The molecule has 1 aromatic rings. The number of aromatic nitrogens is 2. The number of amides is 2. The van der Waals surface area contributed by atoms with Gasteiger partial charge in [0.05, 0.1) is 19.0 Å². The molecule has 2 rings (SSSR count). The number of carbonyl (C=O) groups is 2. The van der Waals surface area contributed by atoms with Crippen LogP contribution in [0.25, 0.3) is 0 Å². The molecule has 1 aliphatic rings. The first kappa shape index (κ1) is 14.3. The summed E-state index contributed by atoms with van der Waals surface area (Å²) < 4.78 is 5.25. The molecule has 1 fully saturated rings. The van der Waals surface area contributed by atoms with Crippen LogP contribution in [0.15, 0.2) is 12.5 Å². The van der Waals surface area contributed by atoms with Crippen molar-refractivity contribution in [3.63, 3.8) is 0 Å². The Morgan fingerprint density at radius 1 is 1.60 bits per heavy atom. The van der Waals surface area contributed by atoms with Crippen molar-refractivity contribution in [2.75, 3.05) is 13.2 Å². The predicted octanol–water partition coefficient (Wildman–Crippen LogP) is -0.116. The van der Waals surface area contributed by atoms with E-state index in [1.807, 2.05) is 0 Å². The molecule has 4 N–H and O–H groups in total.